The Kier molecular flexibility index (Phi) is 5.16. The maximum atomic E-state index is 6.14. The molecule has 0 fully saturated rings. The minimum absolute atomic E-state index is 0. The Morgan fingerprint density at radius 1 is 1.18 bits per heavy atom. The van der Waals surface area contributed by atoms with Crippen molar-refractivity contribution in [3.63, 3.8) is 0 Å². The summed E-state index contributed by atoms with van der Waals surface area (Å²) in [5.74, 6) is 0. The molecule has 0 bridgehead atoms. The van der Waals surface area contributed by atoms with Crippen LogP contribution in [-0.4, -0.2) is 5.71 Å². The van der Waals surface area contributed by atoms with Crippen molar-refractivity contribution < 1.29 is 17.4 Å². The maximum Gasteiger partial charge on any atom is 0.208 e. The van der Waals surface area contributed by atoms with Crippen LogP contribution < -0.4 is 17.4 Å². The molecule has 0 spiro atoms. The van der Waals surface area contributed by atoms with E-state index in [1.807, 2.05) is 17.4 Å². The summed E-state index contributed by atoms with van der Waals surface area (Å²) in [6.07, 6.45) is 5.49. The monoisotopic (exact) mass is 351 g/mol. The Morgan fingerprint density at radius 2 is 1.95 bits per heavy atom. The normalized spacial score (nSPS) is 15.5. The molecule has 0 amide bonds. The van der Waals surface area contributed by atoms with Crippen molar-refractivity contribution in [2.75, 3.05) is 0 Å². The number of benzene rings is 1. The van der Waals surface area contributed by atoms with E-state index < -0.39 is 0 Å². The summed E-state index contributed by atoms with van der Waals surface area (Å²) in [5, 5.41) is 0.791. The molecule has 0 unspecified atom stereocenters. The van der Waals surface area contributed by atoms with Gasteiger partial charge in [0.2, 0.25) is 5.69 Å². The van der Waals surface area contributed by atoms with Crippen LogP contribution in [0.25, 0.3) is 6.08 Å². The summed E-state index contributed by atoms with van der Waals surface area (Å²) in [6, 6.07) is 10.4. The van der Waals surface area contributed by atoms with Crippen LogP contribution in [0.5, 0.6) is 0 Å². The van der Waals surface area contributed by atoms with Gasteiger partial charge in [0.15, 0.2) is 5.71 Å². The fourth-order valence-corrected chi connectivity index (χ4v) is 3.71. The Hall–Kier alpha value is -1.09. The molecule has 2 aromatic rings. The van der Waals surface area contributed by atoms with Crippen molar-refractivity contribution in [1.82, 2.24) is 0 Å². The number of allylic oxidation sites excluding steroid dienone is 1. The standard InChI is InChI=1S/C18H18ClNS.ClH/c1-4-13-6-7-14(21-13)8-10-17-18(2,3)15-11-12(19)5-9-16(15)20-17;/h5-11H,4H2,1-3H3;1H. The lowest BCUT2D eigenvalue weighted by atomic mass is 9.81. The molecule has 3 rings (SSSR count). The van der Waals surface area contributed by atoms with E-state index in [2.05, 4.69) is 62.2 Å². The summed E-state index contributed by atoms with van der Waals surface area (Å²) >= 11 is 7.99. The Bertz CT molecular complexity index is 741. The molecule has 0 atom stereocenters. The topological polar surface area (TPSA) is 14.0 Å². The van der Waals surface area contributed by atoms with Gasteiger partial charge in [-0.2, -0.15) is 0 Å². The summed E-state index contributed by atoms with van der Waals surface area (Å²) in [5.41, 5.74) is 3.59. The fraction of sp³-hybridized carbons (Fsp3) is 0.278. The van der Waals surface area contributed by atoms with Gasteiger partial charge < -0.3 is 12.4 Å². The summed E-state index contributed by atoms with van der Waals surface area (Å²) in [6.45, 7) is 6.65. The van der Waals surface area contributed by atoms with Crippen LogP contribution in [0.4, 0.5) is 5.69 Å². The van der Waals surface area contributed by atoms with E-state index in [1.54, 1.807) is 0 Å². The van der Waals surface area contributed by atoms with E-state index in [1.165, 1.54) is 21.0 Å². The molecule has 1 aromatic carbocycles. The predicted molar refractivity (Wildman–Crippen MR) is 92.8 cm³/mol. The lowest BCUT2D eigenvalue weighted by Gasteiger charge is -2.15. The Morgan fingerprint density at radius 3 is 2.64 bits per heavy atom. The van der Waals surface area contributed by atoms with Crippen molar-refractivity contribution in [2.45, 2.75) is 32.6 Å². The average molecular weight is 352 g/mol. The van der Waals surface area contributed by atoms with Gasteiger partial charge in [0.05, 0.1) is 5.41 Å². The molecule has 116 valence electrons. The lowest BCUT2D eigenvalue weighted by Crippen LogP contribution is -3.00. The molecule has 0 radical (unpaired) electrons. The lowest BCUT2D eigenvalue weighted by molar-refractivity contribution is -0.349. The first-order valence-electron chi connectivity index (χ1n) is 7.22. The number of halogens is 2. The van der Waals surface area contributed by atoms with E-state index in [0.717, 1.165) is 17.1 Å². The van der Waals surface area contributed by atoms with E-state index in [4.69, 9.17) is 11.6 Å². The molecule has 2 heterocycles. The SMILES string of the molecule is CCc1ccc(C=CC2=[NH+]c3ccc(Cl)cc3C2(C)C)s1.[Cl-]. The number of thiophene rings is 1. The van der Waals surface area contributed by atoms with Crippen LogP contribution in [-0.2, 0) is 11.8 Å². The van der Waals surface area contributed by atoms with Gasteiger partial charge >= 0.3 is 0 Å². The molecule has 0 saturated carbocycles. The van der Waals surface area contributed by atoms with Gasteiger partial charge in [0, 0.05) is 32.5 Å². The zero-order chi connectivity index (χ0) is 15.0. The van der Waals surface area contributed by atoms with Crippen molar-refractivity contribution in [3.8, 4) is 0 Å². The van der Waals surface area contributed by atoms with E-state index in [9.17, 15) is 0 Å². The second-order valence-electron chi connectivity index (χ2n) is 5.84. The Labute approximate surface area is 147 Å². The maximum absolute atomic E-state index is 6.14. The van der Waals surface area contributed by atoms with Crippen LogP contribution in [0, 0.1) is 0 Å². The van der Waals surface area contributed by atoms with Gasteiger partial charge in [-0.3, -0.25) is 0 Å². The minimum atomic E-state index is -0.0401. The van der Waals surface area contributed by atoms with Gasteiger partial charge in [-0.05, 0) is 50.6 Å². The highest BCUT2D eigenvalue weighted by Gasteiger charge is 2.39. The first-order valence-corrected chi connectivity index (χ1v) is 8.41. The molecular formula is C18H19Cl2NS. The number of aryl methyl sites for hydroxylation is 1. The van der Waals surface area contributed by atoms with Crippen LogP contribution >= 0.6 is 22.9 Å². The third-order valence-electron chi connectivity index (χ3n) is 4.04. The van der Waals surface area contributed by atoms with Crippen molar-refractivity contribution in [3.05, 3.63) is 56.7 Å². The second kappa shape index (κ2) is 6.57. The molecule has 1 nitrogen and oxygen atoms in total. The zero-order valence-corrected chi connectivity index (χ0v) is 15.2. The molecule has 1 aliphatic rings. The second-order valence-corrected chi connectivity index (χ2v) is 7.48. The highest BCUT2D eigenvalue weighted by molar-refractivity contribution is 7.12. The van der Waals surface area contributed by atoms with E-state index in [-0.39, 0.29) is 17.8 Å². The van der Waals surface area contributed by atoms with E-state index in [0.29, 0.717) is 0 Å². The summed E-state index contributed by atoms with van der Waals surface area (Å²) in [7, 11) is 0. The van der Waals surface area contributed by atoms with Gasteiger partial charge in [-0.1, -0.05) is 18.5 Å². The summed E-state index contributed by atoms with van der Waals surface area (Å²) in [4.78, 5) is 6.24. The van der Waals surface area contributed by atoms with Crippen LogP contribution in [0.3, 0.4) is 0 Å². The molecular weight excluding hydrogens is 333 g/mol. The molecule has 1 aromatic heterocycles. The first kappa shape index (κ1) is 17.3. The molecule has 0 saturated heterocycles. The average Bonchev–Trinajstić information content (AvgIpc) is 3.00. The zero-order valence-electron chi connectivity index (χ0n) is 12.9. The third-order valence-corrected chi connectivity index (χ3v) is 5.47. The fourth-order valence-electron chi connectivity index (χ4n) is 2.68. The minimum Gasteiger partial charge on any atom is -1.00 e. The van der Waals surface area contributed by atoms with Crippen LogP contribution in [0.1, 0.15) is 36.1 Å². The number of hydrogen-bond acceptors (Lipinski definition) is 1. The van der Waals surface area contributed by atoms with Crippen molar-refractivity contribution >= 4 is 40.4 Å². The smallest absolute Gasteiger partial charge is 0.208 e. The first-order chi connectivity index (χ1) is 10.0. The highest BCUT2D eigenvalue weighted by Crippen LogP contribution is 2.34. The molecule has 4 heteroatoms. The molecule has 1 N–H and O–H groups in total. The van der Waals surface area contributed by atoms with Crippen molar-refractivity contribution in [1.29, 1.82) is 0 Å². The van der Waals surface area contributed by atoms with Crippen LogP contribution in [0.2, 0.25) is 5.02 Å². The number of hydrogen-bond donors (Lipinski definition) is 1. The number of fused-ring (bicyclic) bond motifs is 1. The van der Waals surface area contributed by atoms with Gasteiger partial charge in [0.1, 0.15) is 0 Å². The Balaban J connectivity index is 0.00000176. The number of nitrogens with one attached hydrogen (secondary N) is 1. The largest absolute Gasteiger partial charge is 1.00 e. The predicted octanol–water partition coefficient (Wildman–Crippen LogP) is 1.13. The molecule has 22 heavy (non-hydrogen) atoms. The van der Waals surface area contributed by atoms with Gasteiger partial charge in [0.25, 0.3) is 0 Å². The van der Waals surface area contributed by atoms with Crippen LogP contribution in [0.15, 0.2) is 36.4 Å². The number of rotatable bonds is 3. The highest BCUT2D eigenvalue weighted by atomic mass is 35.5. The van der Waals surface area contributed by atoms with Crippen molar-refractivity contribution in [2.24, 2.45) is 0 Å². The third kappa shape index (κ3) is 3.15. The molecule has 0 aliphatic carbocycles. The van der Waals surface area contributed by atoms with E-state index >= 15 is 0 Å². The van der Waals surface area contributed by atoms with Gasteiger partial charge in [-0.15, -0.1) is 11.3 Å². The summed E-state index contributed by atoms with van der Waals surface area (Å²) < 4.78 is 0. The van der Waals surface area contributed by atoms with Gasteiger partial charge in [-0.25, -0.2) is 4.99 Å². The quantitative estimate of drug-likeness (QED) is 0.851. The molecule has 1 aliphatic heterocycles.